The van der Waals surface area contributed by atoms with E-state index in [1.807, 2.05) is 0 Å². The molecule has 20 heavy (non-hydrogen) atoms. The summed E-state index contributed by atoms with van der Waals surface area (Å²) < 4.78 is 24.5. The van der Waals surface area contributed by atoms with Gasteiger partial charge in [-0.1, -0.05) is 13.8 Å². The fraction of sp³-hybridized carbons (Fsp3) is 0.727. The molecule has 0 aromatic carbocycles. The summed E-state index contributed by atoms with van der Waals surface area (Å²) >= 11 is 0. The Bertz CT molecular complexity index is 637. The number of hydrogen-bond donors (Lipinski definition) is 1. The average Bonchev–Trinajstić information content (AvgIpc) is 2.85. The predicted octanol–water partition coefficient (Wildman–Crippen LogP) is 0.247. The Morgan fingerprint density at radius 1 is 1.40 bits per heavy atom. The van der Waals surface area contributed by atoms with Crippen molar-refractivity contribution in [3.8, 4) is 0 Å². The molecule has 1 aromatic heterocycles. The Balaban J connectivity index is 2.55. The highest BCUT2D eigenvalue weighted by Gasteiger charge is 2.41. The molecule has 0 bridgehead atoms. The number of sulfone groups is 1. The molecule has 1 aliphatic heterocycles. The highest BCUT2D eigenvalue weighted by Crippen LogP contribution is 2.31. The largest absolute Gasteiger partial charge is 0.390 e. The normalized spacial score (nSPS) is 24.9. The molecule has 0 amide bonds. The molecule has 1 N–H and O–H groups in total. The van der Waals surface area contributed by atoms with Crippen molar-refractivity contribution in [1.82, 2.24) is 9.78 Å². The van der Waals surface area contributed by atoms with Gasteiger partial charge in [0, 0.05) is 0 Å². The molecule has 9 heteroatoms. The third-order valence-corrected chi connectivity index (χ3v) is 5.21. The lowest BCUT2D eigenvalue weighted by atomic mass is 10.2. The van der Waals surface area contributed by atoms with Crippen LogP contribution >= 0.6 is 0 Å². The van der Waals surface area contributed by atoms with Crippen molar-refractivity contribution in [2.45, 2.75) is 38.8 Å². The van der Waals surface area contributed by atoms with E-state index in [1.54, 1.807) is 13.8 Å². The summed E-state index contributed by atoms with van der Waals surface area (Å²) in [5.41, 5.74) is 0.628. The molecule has 0 saturated carbocycles. The van der Waals surface area contributed by atoms with Crippen LogP contribution in [-0.4, -0.2) is 45.8 Å². The van der Waals surface area contributed by atoms with Crippen LogP contribution < -0.4 is 0 Å². The summed E-state index contributed by atoms with van der Waals surface area (Å²) in [7, 11) is -3.33. The summed E-state index contributed by atoms with van der Waals surface area (Å²) in [6, 6.07) is -0.742. The van der Waals surface area contributed by atoms with Gasteiger partial charge in [-0.05, 0) is 12.8 Å². The van der Waals surface area contributed by atoms with Crippen LogP contribution in [0.5, 0.6) is 0 Å². The molecule has 1 fully saturated rings. The van der Waals surface area contributed by atoms with Gasteiger partial charge in [-0.3, -0.25) is 14.8 Å². The monoisotopic (exact) mass is 303 g/mol. The van der Waals surface area contributed by atoms with E-state index in [0.29, 0.717) is 24.2 Å². The van der Waals surface area contributed by atoms with E-state index in [-0.39, 0.29) is 17.2 Å². The molecule has 112 valence electrons. The van der Waals surface area contributed by atoms with Crippen LogP contribution in [0.15, 0.2) is 0 Å². The molecular weight excluding hydrogens is 286 g/mol. The molecule has 2 heterocycles. The fourth-order valence-electron chi connectivity index (χ4n) is 2.61. The summed E-state index contributed by atoms with van der Waals surface area (Å²) in [6.07, 6.45) is -0.340. The van der Waals surface area contributed by atoms with E-state index < -0.39 is 26.9 Å². The summed E-state index contributed by atoms with van der Waals surface area (Å²) in [6.45, 7) is 3.50. The van der Waals surface area contributed by atoms with Crippen LogP contribution in [0.3, 0.4) is 0 Å². The highest BCUT2D eigenvalue weighted by molar-refractivity contribution is 7.91. The molecule has 2 unspecified atom stereocenters. The van der Waals surface area contributed by atoms with Crippen molar-refractivity contribution in [2.24, 2.45) is 0 Å². The number of nitrogens with zero attached hydrogens (tertiary/aromatic N) is 3. The van der Waals surface area contributed by atoms with Gasteiger partial charge in [0.25, 0.3) is 0 Å². The Hall–Kier alpha value is -1.48. The second-order valence-corrected chi connectivity index (χ2v) is 7.02. The lowest BCUT2D eigenvalue weighted by molar-refractivity contribution is -0.386. The van der Waals surface area contributed by atoms with Gasteiger partial charge < -0.3 is 5.11 Å². The minimum Gasteiger partial charge on any atom is -0.390 e. The Morgan fingerprint density at radius 3 is 2.45 bits per heavy atom. The minimum atomic E-state index is -3.33. The summed E-state index contributed by atoms with van der Waals surface area (Å²) in [5.74, 6) is -0.556. The van der Waals surface area contributed by atoms with Crippen molar-refractivity contribution < 1.29 is 18.4 Å². The van der Waals surface area contributed by atoms with Gasteiger partial charge in [0.15, 0.2) is 9.84 Å². The van der Waals surface area contributed by atoms with Crippen LogP contribution in [0.25, 0.3) is 0 Å². The lowest BCUT2D eigenvalue weighted by Gasteiger charge is -2.15. The summed E-state index contributed by atoms with van der Waals surface area (Å²) in [5, 5.41) is 25.2. The molecule has 1 saturated heterocycles. The molecule has 0 radical (unpaired) electrons. The second-order valence-electron chi connectivity index (χ2n) is 4.86. The van der Waals surface area contributed by atoms with Crippen molar-refractivity contribution in [2.75, 3.05) is 11.5 Å². The number of rotatable bonds is 4. The van der Waals surface area contributed by atoms with E-state index in [0.717, 1.165) is 0 Å². The Morgan fingerprint density at radius 2 is 2.05 bits per heavy atom. The molecule has 0 aliphatic carbocycles. The van der Waals surface area contributed by atoms with Gasteiger partial charge in [0.1, 0.15) is 11.4 Å². The maximum Gasteiger partial charge on any atom is 0.313 e. The van der Waals surface area contributed by atoms with Crippen LogP contribution in [0.1, 0.15) is 31.3 Å². The molecule has 2 rings (SSSR count). The average molecular weight is 303 g/mol. The summed E-state index contributed by atoms with van der Waals surface area (Å²) in [4.78, 5) is 10.7. The van der Waals surface area contributed by atoms with Gasteiger partial charge in [0.2, 0.25) is 0 Å². The first-order valence-corrected chi connectivity index (χ1v) is 8.26. The topological polar surface area (TPSA) is 115 Å². The van der Waals surface area contributed by atoms with Crippen molar-refractivity contribution in [3.05, 3.63) is 21.5 Å². The van der Waals surface area contributed by atoms with Gasteiger partial charge in [-0.2, -0.15) is 5.10 Å². The predicted molar refractivity (Wildman–Crippen MR) is 71.3 cm³/mol. The van der Waals surface area contributed by atoms with Crippen LogP contribution in [0.2, 0.25) is 0 Å². The maximum atomic E-state index is 11.6. The number of aromatic nitrogens is 2. The van der Waals surface area contributed by atoms with Crippen molar-refractivity contribution in [3.63, 3.8) is 0 Å². The van der Waals surface area contributed by atoms with E-state index >= 15 is 0 Å². The first-order valence-electron chi connectivity index (χ1n) is 6.43. The maximum absolute atomic E-state index is 11.6. The van der Waals surface area contributed by atoms with Crippen LogP contribution in [-0.2, 0) is 22.7 Å². The van der Waals surface area contributed by atoms with Gasteiger partial charge in [0.05, 0.1) is 28.6 Å². The number of aryl methyl sites for hydroxylation is 1. The standard InChI is InChI=1S/C11H17N3O5S/c1-3-7-11(14(16)17)8(4-2)13(12-7)9-5-20(18,19)6-10(9)15/h9-10,15H,3-6H2,1-2H3. The third-order valence-electron chi connectivity index (χ3n) is 3.51. The third kappa shape index (κ3) is 2.42. The lowest BCUT2D eigenvalue weighted by Crippen LogP contribution is -2.24. The molecule has 1 aliphatic rings. The molecular formula is C11H17N3O5S. The molecule has 2 atom stereocenters. The first-order chi connectivity index (χ1) is 9.30. The van der Waals surface area contributed by atoms with E-state index in [1.165, 1.54) is 4.68 Å². The Labute approximate surface area is 116 Å². The highest BCUT2D eigenvalue weighted by atomic mass is 32.2. The zero-order chi connectivity index (χ0) is 15.1. The van der Waals surface area contributed by atoms with Crippen LogP contribution in [0.4, 0.5) is 5.69 Å². The SMILES string of the molecule is CCc1nn(C2CS(=O)(=O)CC2O)c(CC)c1[N+](=O)[O-]. The number of aliphatic hydroxyl groups is 1. The molecule has 1 aromatic rings. The second kappa shape index (κ2) is 5.13. The quantitative estimate of drug-likeness (QED) is 0.629. The van der Waals surface area contributed by atoms with E-state index in [4.69, 9.17) is 0 Å². The minimum absolute atomic E-state index is 0.0634. The number of hydrogen-bond acceptors (Lipinski definition) is 6. The smallest absolute Gasteiger partial charge is 0.313 e. The molecule has 8 nitrogen and oxygen atoms in total. The van der Waals surface area contributed by atoms with Gasteiger partial charge >= 0.3 is 5.69 Å². The van der Waals surface area contributed by atoms with Crippen LogP contribution in [0, 0.1) is 10.1 Å². The Kier molecular flexibility index (Phi) is 3.83. The van der Waals surface area contributed by atoms with Gasteiger partial charge in [-0.15, -0.1) is 0 Å². The number of aliphatic hydroxyl groups excluding tert-OH is 1. The van der Waals surface area contributed by atoms with Crippen molar-refractivity contribution >= 4 is 15.5 Å². The first kappa shape index (κ1) is 14.9. The fourth-order valence-corrected chi connectivity index (χ4v) is 4.37. The zero-order valence-electron chi connectivity index (χ0n) is 11.3. The zero-order valence-corrected chi connectivity index (χ0v) is 12.1. The van der Waals surface area contributed by atoms with Gasteiger partial charge in [-0.25, -0.2) is 8.42 Å². The van der Waals surface area contributed by atoms with Crippen molar-refractivity contribution in [1.29, 1.82) is 0 Å². The number of nitro groups is 1. The van der Waals surface area contributed by atoms with E-state index in [2.05, 4.69) is 5.10 Å². The molecule has 0 spiro atoms. The van der Waals surface area contributed by atoms with E-state index in [9.17, 15) is 23.6 Å².